The summed E-state index contributed by atoms with van der Waals surface area (Å²) < 4.78 is 16.0. The van der Waals surface area contributed by atoms with Gasteiger partial charge in [0.25, 0.3) is 16.8 Å². The van der Waals surface area contributed by atoms with E-state index in [0.717, 1.165) is 11.8 Å². The van der Waals surface area contributed by atoms with E-state index in [1.807, 2.05) is 0 Å². The van der Waals surface area contributed by atoms with Gasteiger partial charge in [0.2, 0.25) is 5.12 Å². The number of nitro groups is 1. The molecular formula is C18H15N3O6S. The fourth-order valence-corrected chi connectivity index (χ4v) is 3.01. The zero-order chi connectivity index (χ0) is 20.1. The molecule has 0 N–H and O–H groups in total. The summed E-state index contributed by atoms with van der Waals surface area (Å²) >= 11 is 0.807. The molecule has 1 heterocycles. The molecule has 0 saturated heterocycles. The third kappa shape index (κ3) is 4.46. The van der Waals surface area contributed by atoms with E-state index in [1.165, 1.54) is 31.4 Å². The van der Waals surface area contributed by atoms with Gasteiger partial charge in [0.05, 0.1) is 24.7 Å². The summed E-state index contributed by atoms with van der Waals surface area (Å²) in [6, 6.07) is 10.9. The molecule has 0 radical (unpaired) electrons. The highest BCUT2D eigenvalue weighted by Crippen LogP contribution is 2.33. The number of ether oxygens (including phenoxy) is 2. The number of benzene rings is 2. The second kappa shape index (κ2) is 8.53. The Labute approximate surface area is 163 Å². The largest absolute Gasteiger partial charge is 0.497 e. The molecule has 3 aromatic rings. The van der Waals surface area contributed by atoms with Crippen molar-refractivity contribution >= 4 is 22.6 Å². The molecule has 0 unspecified atom stereocenters. The number of carbonyl (C=O) groups excluding carboxylic acids is 1. The quantitative estimate of drug-likeness (QED) is 0.333. The Bertz CT molecular complexity index is 1000. The Morgan fingerprint density at radius 1 is 1.14 bits per heavy atom. The second-order valence-corrected chi connectivity index (χ2v) is 6.52. The van der Waals surface area contributed by atoms with Crippen LogP contribution in [0.2, 0.25) is 0 Å². The lowest BCUT2D eigenvalue weighted by atomic mass is 10.1. The van der Waals surface area contributed by atoms with Crippen LogP contribution in [0, 0.1) is 10.1 Å². The molecule has 28 heavy (non-hydrogen) atoms. The van der Waals surface area contributed by atoms with Crippen molar-refractivity contribution in [2.45, 2.75) is 11.6 Å². The Morgan fingerprint density at radius 2 is 1.89 bits per heavy atom. The molecule has 144 valence electrons. The first kappa shape index (κ1) is 19.4. The number of rotatable bonds is 7. The first-order valence-corrected chi connectivity index (χ1v) is 8.81. The number of carbonyl (C=O) groups is 1. The molecule has 10 heteroatoms. The molecule has 2 aromatic carbocycles. The molecule has 0 aliphatic carbocycles. The van der Waals surface area contributed by atoms with Gasteiger partial charge in [-0.25, -0.2) is 0 Å². The average molecular weight is 401 g/mol. The molecule has 0 fully saturated rings. The zero-order valence-electron chi connectivity index (χ0n) is 14.9. The van der Waals surface area contributed by atoms with E-state index in [4.69, 9.17) is 13.9 Å². The maximum Gasteiger partial charge on any atom is 0.284 e. The summed E-state index contributed by atoms with van der Waals surface area (Å²) in [6.07, 6.45) is 0.0756. The molecule has 0 amide bonds. The summed E-state index contributed by atoms with van der Waals surface area (Å²) in [6.45, 7) is 0. The summed E-state index contributed by atoms with van der Waals surface area (Å²) in [5.41, 5.74) is 1.20. The van der Waals surface area contributed by atoms with Crippen molar-refractivity contribution in [1.29, 1.82) is 0 Å². The van der Waals surface area contributed by atoms with Crippen LogP contribution in [0.15, 0.2) is 52.1 Å². The van der Waals surface area contributed by atoms with Gasteiger partial charge in [0, 0.05) is 36.4 Å². The Morgan fingerprint density at radius 3 is 2.54 bits per heavy atom. The van der Waals surface area contributed by atoms with Crippen LogP contribution in [-0.4, -0.2) is 34.5 Å². The molecule has 0 aliphatic rings. The lowest BCUT2D eigenvalue weighted by molar-refractivity contribution is -0.384. The van der Waals surface area contributed by atoms with E-state index in [0.29, 0.717) is 22.6 Å². The van der Waals surface area contributed by atoms with Gasteiger partial charge < -0.3 is 13.9 Å². The standard InChI is InChI=1S/C18H15N3O6S/c1-25-13-7-8-14(15(10-13)26-2)17-19-20-18(27-17)28-16(22)9-11-3-5-12(6-4-11)21(23)24/h3-8,10H,9H2,1-2H3. The highest BCUT2D eigenvalue weighted by atomic mass is 32.2. The third-order valence-electron chi connectivity index (χ3n) is 3.74. The number of non-ortho nitro benzene ring substituents is 1. The van der Waals surface area contributed by atoms with Crippen LogP contribution in [-0.2, 0) is 11.2 Å². The van der Waals surface area contributed by atoms with Crippen LogP contribution in [0.3, 0.4) is 0 Å². The Kier molecular flexibility index (Phi) is 5.90. The second-order valence-electron chi connectivity index (χ2n) is 5.51. The van der Waals surface area contributed by atoms with Crippen molar-refractivity contribution in [3.8, 4) is 23.0 Å². The topological polar surface area (TPSA) is 118 Å². The Balaban J connectivity index is 1.69. The van der Waals surface area contributed by atoms with Gasteiger partial charge in [-0.1, -0.05) is 12.1 Å². The van der Waals surface area contributed by atoms with Gasteiger partial charge in [-0.3, -0.25) is 14.9 Å². The third-order valence-corrected chi connectivity index (χ3v) is 4.45. The smallest absolute Gasteiger partial charge is 0.284 e. The van der Waals surface area contributed by atoms with Crippen LogP contribution in [0.25, 0.3) is 11.5 Å². The molecule has 3 rings (SSSR count). The van der Waals surface area contributed by atoms with Crippen molar-refractivity contribution in [3.63, 3.8) is 0 Å². The molecule has 9 nitrogen and oxygen atoms in total. The number of hydrogen-bond acceptors (Lipinski definition) is 9. The van der Waals surface area contributed by atoms with E-state index >= 15 is 0 Å². The Hall–Kier alpha value is -3.40. The lowest BCUT2D eigenvalue weighted by Gasteiger charge is -2.07. The van der Waals surface area contributed by atoms with Gasteiger partial charge >= 0.3 is 0 Å². The molecule has 0 bridgehead atoms. The normalized spacial score (nSPS) is 10.5. The summed E-state index contributed by atoms with van der Waals surface area (Å²) in [4.78, 5) is 22.4. The number of methoxy groups -OCH3 is 2. The minimum absolute atomic E-state index is 0.0289. The highest BCUT2D eigenvalue weighted by molar-refractivity contribution is 8.13. The highest BCUT2D eigenvalue weighted by Gasteiger charge is 2.17. The molecule has 0 spiro atoms. The maximum absolute atomic E-state index is 12.2. The van der Waals surface area contributed by atoms with Gasteiger partial charge in [0.15, 0.2) is 0 Å². The predicted octanol–water partition coefficient (Wildman–Crippen LogP) is 3.52. The average Bonchev–Trinajstić information content (AvgIpc) is 3.15. The zero-order valence-corrected chi connectivity index (χ0v) is 15.8. The van der Waals surface area contributed by atoms with Crippen LogP contribution >= 0.6 is 11.8 Å². The number of aromatic nitrogens is 2. The molecule has 0 atom stereocenters. The lowest BCUT2D eigenvalue weighted by Crippen LogP contribution is -1.98. The van der Waals surface area contributed by atoms with E-state index in [-0.39, 0.29) is 28.3 Å². The van der Waals surface area contributed by atoms with Crippen molar-refractivity contribution in [2.24, 2.45) is 0 Å². The number of nitro benzene ring substituents is 1. The van der Waals surface area contributed by atoms with Gasteiger partial charge in [-0.05, 0) is 17.7 Å². The monoisotopic (exact) mass is 401 g/mol. The minimum atomic E-state index is -0.492. The molecule has 1 aromatic heterocycles. The predicted molar refractivity (Wildman–Crippen MR) is 101 cm³/mol. The first-order valence-electron chi connectivity index (χ1n) is 8.00. The number of nitrogens with zero attached hydrogens (tertiary/aromatic N) is 3. The molecule has 0 aliphatic heterocycles. The first-order chi connectivity index (χ1) is 13.5. The van der Waals surface area contributed by atoms with Crippen LogP contribution in [0.4, 0.5) is 5.69 Å². The minimum Gasteiger partial charge on any atom is -0.497 e. The number of hydrogen-bond donors (Lipinski definition) is 0. The van der Waals surface area contributed by atoms with Crippen LogP contribution < -0.4 is 9.47 Å². The summed E-state index contributed by atoms with van der Waals surface area (Å²) in [5, 5.41) is 18.4. The summed E-state index contributed by atoms with van der Waals surface area (Å²) in [7, 11) is 3.06. The van der Waals surface area contributed by atoms with Gasteiger partial charge in [-0.15, -0.1) is 10.2 Å². The maximum atomic E-state index is 12.2. The summed E-state index contributed by atoms with van der Waals surface area (Å²) in [5.74, 6) is 1.33. The SMILES string of the molecule is COc1ccc(-c2nnc(SC(=O)Cc3ccc([N+](=O)[O-])cc3)o2)c(OC)c1. The molecular weight excluding hydrogens is 386 g/mol. The fraction of sp³-hybridized carbons (Fsp3) is 0.167. The van der Waals surface area contributed by atoms with Crippen LogP contribution in [0.5, 0.6) is 11.5 Å². The van der Waals surface area contributed by atoms with Crippen molar-refractivity contribution in [2.75, 3.05) is 14.2 Å². The van der Waals surface area contributed by atoms with Crippen molar-refractivity contribution in [1.82, 2.24) is 10.2 Å². The van der Waals surface area contributed by atoms with Crippen molar-refractivity contribution in [3.05, 3.63) is 58.1 Å². The van der Waals surface area contributed by atoms with E-state index in [2.05, 4.69) is 10.2 Å². The van der Waals surface area contributed by atoms with Gasteiger partial charge in [-0.2, -0.15) is 0 Å². The fourth-order valence-electron chi connectivity index (χ4n) is 2.37. The van der Waals surface area contributed by atoms with E-state index in [1.54, 1.807) is 25.3 Å². The van der Waals surface area contributed by atoms with E-state index in [9.17, 15) is 14.9 Å². The van der Waals surface area contributed by atoms with Gasteiger partial charge in [0.1, 0.15) is 11.5 Å². The van der Waals surface area contributed by atoms with Crippen LogP contribution in [0.1, 0.15) is 5.56 Å². The number of thioether (sulfide) groups is 1. The van der Waals surface area contributed by atoms with E-state index < -0.39 is 4.92 Å². The van der Waals surface area contributed by atoms with Crippen molar-refractivity contribution < 1.29 is 23.6 Å². The molecule has 0 saturated carbocycles.